The first-order valence-corrected chi connectivity index (χ1v) is 7.34. The van der Waals surface area contributed by atoms with Crippen molar-refractivity contribution >= 4 is 39.3 Å². The molecule has 0 atom stereocenters. The average Bonchev–Trinajstić information content (AvgIpc) is 2.49. The second-order valence-corrected chi connectivity index (χ2v) is 5.53. The van der Waals surface area contributed by atoms with Crippen LogP contribution in [0, 0.1) is 10.5 Å². The molecule has 0 aliphatic rings. The SMILES string of the molecule is CNc1nc(-c2ccc3ncccc3c2)nc(C)c1I. The van der Waals surface area contributed by atoms with Gasteiger partial charge < -0.3 is 5.32 Å². The van der Waals surface area contributed by atoms with Gasteiger partial charge in [-0.05, 0) is 53.8 Å². The Hall–Kier alpha value is -1.76. The lowest BCUT2D eigenvalue weighted by Crippen LogP contribution is -2.02. The van der Waals surface area contributed by atoms with Gasteiger partial charge in [0, 0.05) is 24.2 Å². The number of aromatic nitrogens is 3. The van der Waals surface area contributed by atoms with E-state index in [0.29, 0.717) is 0 Å². The molecule has 0 saturated carbocycles. The number of pyridine rings is 1. The molecule has 3 aromatic rings. The topological polar surface area (TPSA) is 50.7 Å². The van der Waals surface area contributed by atoms with Crippen molar-refractivity contribution in [3.63, 3.8) is 0 Å². The normalized spacial score (nSPS) is 10.8. The Balaban J connectivity index is 2.17. The highest BCUT2D eigenvalue weighted by Crippen LogP contribution is 2.25. The number of nitrogens with one attached hydrogen (secondary N) is 1. The van der Waals surface area contributed by atoms with Gasteiger partial charge in [0.05, 0.1) is 14.8 Å². The van der Waals surface area contributed by atoms with Crippen LogP contribution in [-0.2, 0) is 0 Å². The van der Waals surface area contributed by atoms with E-state index in [9.17, 15) is 0 Å². The van der Waals surface area contributed by atoms with Crippen molar-refractivity contribution in [3.05, 3.63) is 45.8 Å². The van der Waals surface area contributed by atoms with Crippen LogP contribution in [0.1, 0.15) is 5.69 Å². The lowest BCUT2D eigenvalue weighted by atomic mass is 10.1. The fourth-order valence-electron chi connectivity index (χ4n) is 2.07. The van der Waals surface area contributed by atoms with Gasteiger partial charge in [-0.3, -0.25) is 4.98 Å². The van der Waals surface area contributed by atoms with E-state index in [2.05, 4.69) is 48.9 Å². The van der Waals surface area contributed by atoms with E-state index >= 15 is 0 Å². The molecule has 0 saturated heterocycles. The number of rotatable bonds is 2. The maximum atomic E-state index is 4.58. The van der Waals surface area contributed by atoms with Gasteiger partial charge in [0.25, 0.3) is 0 Å². The van der Waals surface area contributed by atoms with Crippen molar-refractivity contribution in [2.45, 2.75) is 6.92 Å². The van der Waals surface area contributed by atoms with Gasteiger partial charge in [-0.25, -0.2) is 9.97 Å². The molecule has 100 valence electrons. The van der Waals surface area contributed by atoms with Crippen molar-refractivity contribution < 1.29 is 0 Å². The Labute approximate surface area is 130 Å². The number of hydrogen-bond acceptors (Lipinski definition) is 4. The average molecular weight is 376 g/mol. The monoisotopic (exact) mass is 376 g/mol. The Morgan fingerprint density at radius 1 is 1.15 bits per heavy atom. The van der Waals surface area contributed by atoms with Crippen molar-refractivity contribution in [2.75, 3.05) is 12.4 Å². The molecular weight excluding hydrogens is 363 g/mol. The van der Waals surface area contributed by atoms with E-state index in [1.807, 2.05) is 38.2 Å². The smallest absolute Gasteiger partial charge is 0.161 e. The van der Waals surface area contributed by atoms with Gasteiger partial charge in [-0.2, -0.15) is 0 Å². The van der Waals surface area contributed by atoms with Crippen molar-refractivity contribution in [3.8, 4) is 11.4 Å². The summed E-state index contributed by atoms with van der Waals surface area (Å²) in [6, 6.07) is 10.1. The summed E-state index contributed by atoms with van der Waals surface area (Å²) in [6.07, 6.45) is 1.80. The van der Waals surface area contributed by atoms with E-state index in [4.69, 9.17) is 0 Å². The van der Waals surface area contributed by atoms with Crippen molar-refractivity contribution in [1.82, 2.24) is 15.0 Å². The largest absolute Gasteiger partial charge is 0.372 e. The molecule has 0 amide bonds. The Kier molecular flexibility index (Phi) is 3.52. The summed E-state index contributed by atoms with van der Waals surface area (Å²) in [6.45, 7) is 2.00. The summed E-state index contributed by atoms with van der Waals surface area (Å²) < 4.78 is 1.05. The lowest BCUT2D eigenvalue weighted by Gasteiger charge is -2.09. The van der Waals surface area contributed by atoms with E-state index in [1.54, 1.807) is 6.20 Å². The zero-order chi connectivity index (χ0) is 14.1. The van der Waals surface area contributed by atoms with E-state index in [-0.39, 0.29) is 0 Å². The van der Waals surface area contributed by atoms with E-state index in [0.717, 1.165) is 37.4 Å². The maximum Gasteiger partial charge on any atom is 0.161 e. The quantitative estimate of drug-likeness (QED) is 0.694. The molecule has 2 heterocycles. The first kappa shape index (κ1) is 13.2. The lowest BCUT2D eigenvalue weighted by molar-refractivity contribution is 1.09. The van der Waals surface area contributed by atoms with Crippen LogP contribution in [0.4, 0.5) is 5.82 Å². The molecule has 0 unspecified atom stereocenters. The Morgan fingerprint density at radius 3 is 2.80 bits per heavy atom. The molecule has 0 aliphatic carbocycles. The molecule has 20 heavy (non-hydrogen) atoms. The molecule has 2 aromatic heterocycles. The second kappa shape index (κ2) is 5.32. The molecule has 0 fully saturated rings. The highest BCUT2D eigenvalue weighted by atomic mass is 127. The summed E-state index contributed by atoms with van der Waals surface area (Å²) in [5, 5.41) is 4.21. The van der Waals surface area contributed by atoms with Crippen LogP contribution in [0.25, 0.3) is 22.3 Å². The highest BCUT2D eigenvalue weighted by Gasteiger charge is 2.10. The molecule has 1 N–H and O–H groups in total. The fourth-order valence-corrected chi connectivity index (χ4v) is 2.58. The van der Waals surface area contributed by atoms with Crippen LogP contribution >= 0.6 is 22.6 Å². The number of anilines is 1. The molecule has 4 nitrogen and oxygen atoms in total. The van der Waals surface area contributed by atoms with E-state index in [1.165, 1.54) is 0 Å². The van der Waals surface area contributed by atoms with Gasteiger partial charge >= 0.3 is 0 Å². The molecule has 1 aromatic carbocycles. The predicted octanol–water partition coefficient (Wildman–Crippen LogP) is 3.65. The van der Waals surface area contributed by atoms with Crippen LogP contribution in [0.2, 0.25) is 0 Å². The number of nitrogens with zero attached hydrogens (tertiary/aromatic N) is 3. The van der Waals surface area contributed by atoms with Crippen LogP contribution in [0.5, 0.6) is 0 Å². The van der Waals surface area contributed by atoms with Crippen molar-refractivity contribution in [1.29, 1.82) is 0 Å². The van der Waals surface area contributed by atoms with Gasteiger partial charge in [0.1, 0.15) is 5.82 Å². The summed E-state index contributed by atoms with van der Waals surface area (Å²) in [5.74, 6) is 1.59. The zero-order valence-electron chi connectivity index (χ0n) is 11.2. The van der Waals surface area contributed by atoms with Gasteiger partial charge in [-0.1, -0.05) is 6.07 Å². The Bertz CT molecular complexity index is 786. The molecular formula is C15H13IN4. The third-order valence-electron chi connectivity index (χ3n) is 3.11. The molecule has 0 radical (unpaired) electrons. The summed E-state index contributed by atoms with van der Waals surface area (Å²) in [7, 11) is 1.87. The Morgan fingerprint density at radius 2 is 2.00 bits per heavy atom. The predicted molar refractivity (Wildman–Crippen MR) is 89.8 cm³/mol. The van der Waals surface area contributed by atoms with Crippen LogP contribution in [0.15, 0.2) is 36.5 Å². The first-order valence-electron chi connectivity index (χ1n) is 6.26. The van der Waals surface area contributed by atoms with Gasteiger partial charge in [0.2, 0.25) is 0 Å². The zero-order valence-corrected chi connectivity index (χ0v) is 13.3. The van der Waals surface area contributed by atoms with Gasteiger partial charge in [0.15, 0.2) is 5.82 Å². The van der Waals surface area contributed by atoms with Crippen LogP contribution in [-0.4, -0.2) is 22.0 Å². The van der Waals surface area contributed by atoms with Crippen LogP contribution < -0.4 is 5.32 Å². The van der Waals surface area contributed by atoms with Gasteiger partial charge in [-0.15, -0.1) is 0 Å². The molecule has 0 spiro atoms. The van der Waals surface area contributed by atoms with Crippen molar-refractivity contribution in [2.24, 2.45) is 0 Å². The standard InChI is InChI=1S/C15H13IN4/c1-9-13(16)15(17-2)20-14(19-9)11-5-6-12-10(8-11)4-3-7-18-12/h3-8H,1-2H3,(H,17,19,20). The third kappa shape index (κ3) is 2.33. The number of benzene rings is 1. The number of halogens is 1. The highest BCUT2D eigenvalue weighted by molar-refractivity contribution is 14.1. The van der Waals surface area contributed by atoms with Crippen LogP contribution in [0.3, 0.4) is 0 Å². The minimum atomic E-state index is 0.734. The molecule has 0 bridgehead atoms. The maximum absolute atomic E-state index is 4.58. The summed E-state index contributed by atoms with van der Waals surface area (Å²) >= 11 is 2.26. The minimum Gasteiger partial charge on any atom is -0.372 e. The second-order valence-electron chi connectivity index (χ2n) is 4.46. The number of aryl methyl sites for hydroxylation is 1. The fraction of sp³-hybridized carbons (Fsp3) is 0.133. The first-order chi connectivity index (χ1) is 9.69. The summed E-state index contributed by atoms with van der Waals surface area (Å²) in [4.78, 5) is 13.5. The van der Waals surface area contributed by atoms with E-state index < -0.39 is 0 Å². The third-order valence-corrected chi connectivity index (χ3v) is 4.41. The minimum absolute atomic E-state index is 0.734. The number of fused-ring (bicyclic) bond motifs is 1. The molecule has 0 aliphatic heterocycles. The molecule has 3 rings (SSSR count). The molecule has 5 heteroatoms. The summed E-state index contributed by atoms with van der Waals surface area (Å²) in [5.41, 5.74) is 2.96. The number of hydrogen-bond donors (Lipinski definition) is 1.